The summed E-state index contributed by atoms with van der Waals surface area (Å²) in [6.07, 6.45) is -1.35. The molecule has 0 aliphatic rings. The van der Waals surface area contributed by atoms with Gasteiger partial charge in [0.25, 0.3) is 15.9 Å². The Labute approximate surface area is 221 Å². The van der Waals surface area contributed by atoms with E-state index in [1.54, 1.807) is 20.8 Å². The van der Waals surface area contributed by atoms with Crippen LogP contribution in [0.15, 0.2) is 51.1 Å². The molecular formula is C23H24F2N4O7S2. The first kappa shape index (κ1) is 28.8. The Morgan fingerprint density at radius 1 is 1.18 bits per heavy atom. The number of ether oxygens (including phenoxy) is 1. The van der Waals surface area contributed by atoms with Gasteiger partial charge in [-0.2, -0.15) is 13.4 Å². The van der Waals surface area contributed by atoms with Crippen LogP contribution in [0.4, 0.5) is 14.6 Å². The molecule has 0 saturated heterocycles. The summed E-state index contributed by atoms with van der Waals surface area (Å²) < 4.78 is 66.0. The normalized spacial score (nSPS) is 12.6. The van der Waals surface area contributed by atoms with Crippen molar-refractivity contribution in [1.29, 1.82) is 0 Å². The van der Waals surface area contributed by atoms with Crippen LogP contribution in [0.25, 0.3) is 0 Å². The van der Waals surface area contributed by atoms with E-state index in [0.717, 1.165) is 30.0 Å². The fourth-order valence-corrected chi connectivity index (χ4v) is 4.54. The van der Waals surface area contributed by atoms with Crippen LogP contribution < -0.4 is 14.8 Å². The van der Waals surface area contributed by atoms with E-state index in [9.17, 15) is 26.8 Å². The van der Waals surface area contributed by atoms with Gasteiger partial charge < -0.3 is 19.6 Å². The predicted octanol–water partition coefficient (Wildman–Crippen LogP) is 3.82. The van der Waals surface area contributed by atoms with Gasteiger partial charge in [-0.25, -0.2) is 18.6 Å². The predicted molar refractivity (Wildman–Crippen MR) is 132 cm³/mol. The summed E-state index contributed by atoms with van der Waals surface area (Å²) in [5, 5.41) is 11.1. The van der Waals surface area contributed by atoms with Crippen LogP contribution in [0.1, 0.15) is 43.8 Å². The number of carbonyl (C=O) groups excluding carboxylic acids is 1. The van der Waals surface area contributed by atoms with Gasteiger partial charge in [0.1, 0.15) is 5.82 Å². The molecular weight excluding hydrogens is 546 g/mol. The van der Waals surface area contributed by atoms with Crippen LogP contribution in [0.5, 0.6) is 5.88 Å². The van der Waals surface area contributed by atoms with Crippen molar-refractivity contribution >= 4 is 39.5 Å². The number of amides is 1. The smallest absolute Gasteiger partial charge is 0.344 e. The van der Waals surface area contributed by atoms with E-state index in [1.807, 2.05) is 0 Å². The Morgan fingerprint density at radius 2 is 1.89 bits per heavy atom. The first-order chi connectivity index (χ1) is 17.6. The van der Waals surface area contributed by atoms with Gasteiger partial charge in [0.2, 0.25) is 11.0 Å². The third-order valence-electron chi connectivity index (χ3n) is 4.51. The first-order valence-corrected chi connectivity index (χ1v) is 13.4. The van der Waals surface area contributed by atoms with Crippen molar-refractivity contribution < 1.29 is 41.0 Å². The van der Waals surface area contributed by atoms with Crippen molar-refractivity contribution in [3.63, 3.8) is 0 Å². The number of benzene rings is 1. The zero-order chi connectivity index (χ0) is 28.3. The number of sulfonamides is 1. The lowest BCUT2D eigenvalue weighted by Crippen LogP contribution is -2.40. The number of carboxylic acids is 1. The Bertz CT molecular complexity index is 1460. The number of carboxylic acid groups (broad SMARTS) is 1. The van der Waals surface area contributed by atoms with Gasteiger partial charge in [0.05, 0.1) is 0 Å². The Morgan fingerprint density at radius 3 is 2.55 bits per heavy atom. The maximum atomic E-state index is 14.0. The van der Waals surface area contributed by atoms with Crippen molar-refractivity contribution in [2.24, 2.45) is 0 Å². The Kier molecular flexibility index (Phi) is 8.61. The number of hydrogen-bond donors (Lipinski definition) is 3. The highest BCUT2D eigenvalue weighted by atomic mass is 32.2. The van der Waals surface area contributed by atoms with Crippen molar-refractivity contribution in [1.82, 2.24) is 15.3 Å². The van der Waals surface area contributed by atoms with Crippen LogP contribution in [0, 0.1) is 11.6 Å². The van der Waals surface area contributed by atoms with Gasteiger partial charge >= 0.3 is 5.97 Å². The lowest BCUT2D eigenvalue weighted by atomic mass is 10.1. The summed E-state index contributed by atoms with van der Waals surface area (Å²) >= 11 is 0.828. The summed E-state index contributed by atoms with van der Waals surface area (Å²) in [6.45, 7) is 6.46. The first-order valence-electron chi connectivity index (χ1n) is 10.9. The standard InChI is InChI=1S/C23H24F2N4O7S2/c1-12(21(31)32)35-17-10-16(26-22(27-17)37-11-13-6-5-7-14(24)19(13)25)29-38(33,34)18-9-8-15(36-18)20(30)28-23(2,3)4/h5-10,12H,11H2,1-4H3,(H,28,30)(H,31,32)(H,26,27,29)/t12-/m1/s1. The van der Waals surface area contributed by atoms with Crippen LogP contribution in [0.3, 0.4) is 0 Å². The molecule has 204 valence electrons. The lowest BCUT2D eigenvalue weighted by Gasteiger charge is -2.19. The topological polar surface area (TPSA) is 161 Å². The van der Waals surface area contributed by atoms with Gasteiger partial charge in [0, 0.05) is 22.9 Å². The van der Waals surface area contributed by atoms with E-state index in [4.69, 9.17) is 14.3 Å². The molecule has 0 radical (unpaired) electrons. The van der Waals surface area contributed by atoms with Gasteiger partial charge in [0.15, 0.2) is 28.7 Å². The molecule has 0 fully saturated rings. The molecule has 11 nitrogen and oxygen atoms in total. The number of halogens is 2. The largest absolute Gasteiger partial charge is 0.479 e. The molecule has 3 aromatic rings. The molecule has 0 saturated carbocycles. The average Bonchev–Trinajstić information content (AvgIpc) is 3.30. The fourth-order valence-electron chi connectivity index (χ4n) is 2.79. The molecule has 0 spiro atoms. The van der Waals surface area contributed by atoms with Gasteiger partial charge in [-0.3, -0.25) is 9.52 Å². The SMILES string of the molecule is C[C@@H](Oc1cc(NS(=O)(=O)c2ccc(C(=O)NC(C)(C)C)o2)nc(SCc2cccc(F)c2F)n1)C(=O)O. The quantitative estimate of drug-likeness (QED) is 0.241. The number of anilines is 1. The summed E-state index contributed by atoms with van der Waals surface area (Å²) in [5.74, 6) is -5.02. The molecule has 1 atom stereocenters. The van der Waals surface area contributed by atoms with E-state index in [0.29, 0.717) is 0 Å². The highest BCUT2D eigenvalue weighted by Crippen LogP contribution is 2.27. The van der Waals surface area contributed by atoms with E-state index in [1.165, 1.54) is 25.1 Å². The maximum absolute atomic E-state index is 14.0. The second-order valence-electron chi connectivity index (χ2n) is 8.90. The number of thioether (sulfide) groups is 1. The third-order valence-corrected chi connectivity index (χ3v) is 6.64. The van der Waals surface area contributed by atoms with Gasteiger partial charge in [-0.05, 0) is 45.9 Å². The zero-order valence-corrected chi connectivity index (χ0v) is 22.2. The highest BCUT2D eigenvalue weighted by Gasteiger charge is 2.25. The van der Waals surface area contributed by atoms with Crippen molar-refractivity contribution in [3.05, 3.63) is 59.4 Å². The minimum atomic E-state index is -4.41. The molecule has 1 aromatic carbocycles. The second-order valence-corrected chi connectivity index (χ2v) is 11.5. The molecule has 0 aliphatic carbocycles. The number of hydrogen-bond acceptors (Lipinski definition) is 9. The number of aromatic nitrogens is 2. The molecule has 2 aromatic heterocycles. The third kappa shape index (κ3) is 7.64. The molecule has 15 heteroatoms. The Hall–Kier alpha value is -3.72. The minimum Gasteiger partial charge on any atom is -0.479 e. The van der Waals surface area contributed by atoms with Gasteiger partial charge in [-0.15, -0.1) is 0 Å². The zero-order valence-electron chi connectivity index (χ0n) is 20.6. The van der Waals surface area contributed by atoms with E-state index < -0.39 is 50.3 Å². The minimum absolute atomic E-state index is 0.00241. The molecule has 0 unspecified atom stereocenters. The lowest BCUT2D eigenvalue weighted by molar-refractivity contribution is -0.144. The summed E-state index contributed by atoms with van der Waals surface area (Å²) in [4.78, 5) is 31.6. The summed E-state index contributed by atoms with van der Waals surface area (Å²) in [5.41, 5.74) is -0.587. The average molecular weight is 571 g/mol. The molecule has 2 heterocycles. The molecule has 3 rings (SSSR count). The van der Waals surface area contributed by atoms with Crippen LogP contribution in [-0.4, -0.2) is 47.0 Å². The van der Waals surface area contributed by atoms with E-state index >= 15 is 0 Å². The summed E-state index contributed by atoms with van der Waals surface area (Å²) in [7, 11) is -4.41. The number of rotatable bonds is 10. The van der Waals surface area contributed by atoms with Crippen LogP contribution in [-0.2, 0) is 20.6 Å². The van der Waals surface area contributed by atoms with Crippen LogP contribution >= 0.6 is 11.8 Å². The van der Waals surface area contributed by atoms with Gasteiger partial charge in [-0.1, -0.05) is 23.9 Å². The monoisotopic (exact) mass is 570 g/mol. The molecule has 38 heavy (non-hydrogen) atoms. The number of carbonyl (C=O) groups is 2. The molecule has 3 N–H and O–H groups in total. The maximum Gasteiger partial charge on any atom is 0.344 e. The van der Waals surface area contributed by atoms with Crippen molar-refractivity contribution in [3.8, 4) is 5.88 Å². The highest BCUT2D eigenvalue weighted by molar-refractivity contribution is 7.98. The van der Waals surface area contributed by atoms with Crippen LogP contribution in [0.2, 0.25) is 0 Å². The molecule has 0 aliphatic heterocycles. The van der Waals surface area contributed by atoms with Crippen molar-refractivity contribution in [2.75, 3.05) is 4.72 Å². The number of nitrogens with zero attached hydrogens (tertiary/aromatic N) is 2. The van der Waals surface area contributed by atoms with E-state index in [-0.39, 0.29) is 33.9 Å². The number of aliphatic carboxylic acids is 1. The fraction of sp³-hybridized carbons (Fsp3) is 0.304. The number of nitrogens with one attached hydrogen (secondary N) is 2. The number of furan rings is 1. The van der Waals surface area contributed by atoms with Crippen molar-refractivity contribution in [2.45, 2.75) is 55.3 Å². The Balaban J connectivity index is 1.88. The second kappa shape index (κ2) is 11.3. The summed E-state index contributed by atoms with van der Waals surface area (Å²) in [6, 6.07) is 6.94. The molecule has 0 bridgehead atoms. The van der Waals surface area contributed by atoms with E-state index in [2.05, 4.69) is 20.0 Å². The molecule has 1 amide bonds.